The first-order valence-electron chi connectivity index (χ1n) is 6.44. The molecule has 21 heavy (non-hydrogen) atoms. The van der Waals surface area contributed by atoms with Crippen LogP contribution in [0.3, 0.4) is 0 Å². The van der Waals surface area contributed by atoms with Gasteiger partial charge in [-0.25, -0.2) is 4.39 Å². The van der Waals surface area contributed by atoms with Crippen molar-refractivity contribution in [1.82, 2.24) is 4.90 Å². The second-order valence-electron chi connectivity index (χ2n) is 5.00. The van der Waals surface area contributed by atoms with Gasteiger partial charge in [0, 0.05) is 24.3 Å². The van der Waals surface area contributed by atoms with E-state index >= 15 is 0 Å². The van der Waals surface area contributed by atoms with Gasteiger partial charge in [0.25, 0.3) is 5.91 Å². The van der Waals surface area contributed by atoms with Gasteiger partial charge < -0.3 is 10.6 Å². The number of nitrogen functional groups attached to an aromatic ring is 1. The minimum Gasteiger partial charge on any atom is -0.399 e. The molecule has 0 saturated carbocycles. The normalized spacial score (nSPS) is 13.1. The third-order valence-corrected chi connectivity index (χ3v) is 3.54. The van der Waals surface area contributed by atoms with Crippen molar-refractivity contribution in [3.63, 3.8) is 0 Å². The second kappa shape index (κ2) is 4.91. The van der Waals surface area contributed by atoms with Gasteiger partial charge in [-0.15, -0.1) is 0 Å². The molecule has 0 aromatic heterocycles. The van der Waals surface area contributed by atoms with Gasteiger partial charge in [0.05, 0.1) is 5.56 Å². The zero-order chi connectivity index (χ0) is 15.0. The number of benzene rings is 2. The van der Waals surface area contributed by atoms with Crippen LogP contribution < -0.4 is 5.73 Å². The fourth-order valence-corrected chi connectivity index (χ4v) is 2.48. The van der Waals surface area contributed by atoms with Crippen LogP contribution in [0.5, 0.6) is 0 Å². The molecule has 104 valence electrons. The molecule has 0 saturated heterocycles. The average Bonchev–Trinajstić information content (AvgIpc) is 2.77. The summed E-state index contributed by atoms with van der Waals surface area (Å²) in [6, 6.07) is 11.4. The predicted octanol–water partition coefficient (Wildman–Crippen LogP) is 2.44. The number of fused-ring (bicyclic) bond motifs is 1. The lowest BCUT2D eigenvalue weighted by molar-refractivity contribution is 0.0766. The maximum atomic E-state index is 13.3. The van der Waals surface area contributed by atoms with Crippen LogP contribution >= 0.6 is 0 Å². The summed E-state index contributed by atoms with van der Waals surface area (Å²) < 4.78 is 13.3. The van der Waals surface area contributed by atoms with Crippen molar-refractivity contribution in [3.8, 4) is 6.07 Å². The van der Waals surface area contributed by atoms with Crippen LogP contribution in [0.1, 0.15) is 27.0 Å². The van der Waals surface area contributed by atoms with Crippen LogP contribution in [-0.2, 0) is 13.1 Å². The Bertz CT molecular complexity index is 780. The molecule has 4 nitrogen and oxygen atoms in total. The van der Waals surface area contributed by atoms with E-state index < -0.39 is 5.82 Å². The average molecular weight is 281 g/mol. The molecule has 3 rings (SSSR count). The van der Waals surface area contributed by atoms with Crippen LogP contribution in [0.4, 0.5) is 10.1 Å². The molecule has 1 aliphatic heterocycles. The number of nitrogens with two attached hydrogens (primary N) is 1. The first kappa shape index (κ1) is 13.1. The fourth-order valence-electron chi connectivity index (χ4n) is 2.48. The van der Waals surface area contributed by atoms with E-state index in [1.54, 1.807) is 29.2 Å². The summed E-state index contributed by atoms with van der Waals surface area (Å²) in [5.74, 6) is -0.648. The zero-order valence-corrected chi connectivity index (χ0v) is 11.1. The molecule has 0 bridgehead atoms. The van der Waals surface area contributed by atoms with E-state index in [0.29, 0.717) is 24.3 Å². The Morgan fingerprint density at radius 3 is 2.86 bits per heavy atom. The van der Waals surface area contributed by atoms with E-state index in [4.69, 9.17) is 11.0 Å². The molecule has 0 atom stereocenters. The maximum absolute atomic E-state index is 13.3. The van der Waals surface area contributed by atoms with E-state index in [1.165, 1.54) is 12.1 Å². The Morgan fingerprint density at radius 2 is 2.10 bits per heavy atom. The van der Waals surface area contributed by atoms with Crippen molar-refractivity contribution in [2.75, 3.05) is 5.73 Å². The summed E-state index contributed by atoms with van der Waals surface area (Å²) in [5.41, 5.74) is 8.50. The molecule has 0 radical (unpaired) electrons. The summed E-state index contributed by atoms with van der Waals surface area (Å²) in [7, 11) is 0. The van der Waals surface area contributed by atoms with E-state index in [-0.39, 0.29) is 11.5 Å². The molecule has 2 aromatic rings. The fraction of sp³-hybridized carbons (Fsp3) is 0.125. The maximum Gasteiger partial charge on any atom is 0.254 e. The van der Waals surface area contributed by atoms with Crippen molar-refractivity contribution >= 4 is 11.6 Å². The van der Waals surface area contributed by atoms with Crippen molar-refractivity contribution in [2.45, 2.75) is 13.1 Å². The third-order valence-electron chi connectivity index (χ3n) is 3.54. The van der Waals surface area contributed by atoms with Crippen LogP contribution in [-0.4, -0.2) is 10.8 Å². The quantitative estimate of drug-likeness (QED) is 0.859. The largest absolute Gasteiger partial charge is 0.399 e. The van der Waals surface area contributed by atoms with E-state index in [0.717, 1.165) is 11.1 Å². The molecule has 0 spiro atoms. The second-order valence-corrected chi connectivity index (χ2v) is 5.00. The summed E-state index contributed by atoms with van der Waals surface area (Å²) >= 11 is 0. The minimum atomic E-state index is -0.551. The van der Waals surface area contributed by atoms with E-state index in [9.17, 15) is 9.18 Å². The number of hydrogen-bond acceptors (Lipinski definition) is 3. The molecule has 1 heterocycles. The van der Waals surface area contributed by atoms with Crippen LogP contribution in [0, 0.1) is 17.1 Å². The van der Waals surface area contributed by atoms with Gasteiger partial charge >= 0.3 is 0 Å². The van der Waals surface area contributed by atoms with Crippen molar-refractivity contribution in [1.29, 1.82) is 5.26 Å². The van der Waals surface area contributed by atoms with Gasteiger partial charge in [0.15, 0.2) is 0 Å². The van der Waals surface area contributed by atoms with Gasteiger partial charge in [-0.05, 0) is 35.4 Å². The van der Waals surface area contributed by atoms with Gasteiger partial charge in [-0.1, -0.05) is 12.1 Å². The summed E-state index contributed by atoms with van der Waals surface area (Å²) in [6.45, 7) is 0.829. The molecule has 0 fully saturated rings. The molecular weight excluding hydrogens is 269 g/mol. The highest BCUT2D eigenvalue weighted by Crippen LogP contribution is 2.26. The highest BCUT2D eigenvalue weighted by atomic mass is 19.1. The standard InChI is InChI=1S/C16H12FN3O/c17-15-4-1-10(5-12(15)7-18)8-20-9-11-2-3-13(19)6-14(11)16(20)21/h1-6H,8-9,19H2. The van der Waals surface area contributed by atoms with Crippen molar-refractivity contribution in [3.05, 3.63) is 64.5 Å². The molecule has 1 aliphatic rings. The van der Waals surface area contributed by atoms with Gasteiger partial charge in [-0.2, -0.15) is 5.26 Å². The lowest BCUT2D eigenvalue weighted by atomic mass is 10.1. The summed E-state index contributed by atoms with van der Waals surface area (Å²) in [5, 5.41) is 8.84. The first-order valence-corrected chi connectivity index (χ1v) is 6.44. The van der Waals surface area contributed by atoms with Gasteiger partial charge in [0.2, 0.25) is 0 Å². The number of amides is 1. The first-order chi connectivity index (χ1) is 10.1. The number of halogens is 1. The molecule has 2 N–H and O–H groups in total. The molecular formula is C16H12FN3O. The summed E-state index contributed by atoms with van der Waals surface area (Å²) in [6.07, 6.45) is 0. The number of nitriles is 1. The topological polar surface area (TPSA) is 70.1 Å². The highest BCUT2D eigenvalue weighted by molar-refractivity contribution is 5.99. The highest BCUT2D eigenvalue weighted by Gasteiger charge is 2.27. The number of anilines is 1. The number of rotatable bonds is 2. The monoisotopic (exact) mass is 281 g/mol. The molecule has 5 heteroatoms. The smallest absolute Gasteiger partial charge is 0.254 e. The third kappa shape index (κ3) is 2.32. The zero-order valence-electron chi connectivity index (χ0n) is 11.1. The van der Waals surface area contributed by atoms with Crippen molar-refractivity contribution in [2.24, 2.45) is 0 Å². The predicted molar refractivity (Wildman–Crippen MR) is 75.5 cm³/mol. The lowest BCUT2D eigenvalue weighted by Gasteiger charge is -2.15. The SMILES string of the molecule is N#Cc1cc(CN2Cc3ccc(N)cc3C2=O)ccc1F. The molecule has 1 amide bonds. The Balaban J connectivity index is 1.85. The number of nitrogens with zero attached hydrogens (tertiary/aromatic N) is 2. The molecule has 0 aliphatic carbocycles. The number of carbonyl (C=O) groups excluding carboxylic acids is 1. The molecule has 0 unspecified atom stereocenters. The Hall–Kier alpha value is -2.87. The van der Waals surface area contributed by atoms with Gasteiger partial charge in [0.1, 0.15) is 11.9 Å². The van der Waals surface area contributed by atoms with Crippen LogP contribution in [0.2, 0.25) is 0 Å². The Kier molecular flexibility index (Phi) is 3.07. The number of carbonyl (C=O) groups is 1. The molecule has 2 aromatic carbocycles. The summed E-state index contributed by atoms with van der Waals surface area (Å²) in [4.78, 5) is 14.0. The Morgan fingerprint density at radius 1 is 1.29 bits per heavy atom. The van der Waals surface area contributed by atoms with E-state index in [2.05, 4.69) is 0 Å². The Labute approximate surface area is 121 Å². The number of hydrogen-bond donors (Lipinski definition) is 1. The van der Waals surface area contributed by atoms with Crippen molar-refractivity contribution < 1.29 is 9.18 Å². The van der Waals surface area contributed by atoms with Gasteiger partial charge in [-0.3, -0.25) is 4.79 Å². The van der Waals surface area contributed by atoms with Crippen LogP contribution in [0.15, 0.2) is 36.4 Å². The minimum absolute atomic E-state index is 0.0131. The van der Waals surface area contributed by atoms with Crippen LogP contribution in [0.25, 0.3) is 0 Å². The van der Waals surface area contributed by atoms with E-state index in [1.807, 2.05) is 6.07 Å². The lowest BCUT2D eigenvalue weighted by Crippen LogP contribution is -2.23.